The van der Waals surface area contributed by atoms with Crippen molar-refractivity contribution < 1.29 is 13.9 Å². The lowest BCUT2D eigenvalue weighted by molar-refractivity contribution is 0.0306. The minimum atomic E-state index is -2.45. The minimum absolute atomic E-state index is 0.00479. The quantitative estimate of drug-likeness (QED) is 0.782. The Hall–Kier alpha value is -1.46. The van der Waals surface area contributed by atoms with Crippen molar-refractivity contribution in [2.24, 2.45) is 0 Å². The van der Waals surface area contributed by atoms with Gasteiger partial charge in [-0.3, -0.25) is 0 Å². The molecule has 1 saturated heterocycles. The third-order valence-electron chi connectivity index (χ3n) is 4.59. The van der Waals surface area contributed by atoms with Crippen LogP contribution in [0.15, 0.2) is 60.7 Å². The molecule has 2 aromatic rings. The number of hydrogen-bond donors (Lipinski definition) is 0. The second-order valence-corrected chi connectivity index (χ2v) is 11.6. The zero-order chi connectivity index (χ0) is 17.0. The molecule has 3 nitrogen and oxygen atoms in total. The molecule has 0 radical (unpaired) electrons. The fourth-order valence-corrected chi connectivity index (χ4v) is 8.04. The van der Waals surface area contributed by atoms with Gasteiger partial charge in [0.2, 0.25) is 0 Å². The second kappa shape index (κ2) is 7.19. The van der Waals surface area contributed by atoms with E-state index in [4.69, 9.17) is 13.9 Å². The van der Waals surface area contributed by atoms with E-state index in [0.717, 1.165) is 0 Å². The molecule has 1 aliphatic heterocycles. The van der Waals surface area contributed by atoms with Gasteiger partial charge in [0.1, 0.15) is 12.9 Å². The summed E-state index contributed by atoms with van der Waals surface area (Å²) in [6.45, 7) is 8.39. The lowest BCUT2D eigenvalue weighted by Gasteiger charge is -2.43. The highest BCUT2D eigenvalue weighted by molar-refractivity contribution is 6.99. The molecule has 3 rings (SSSR count). The molecule has 1 atom stereocenters. The Bertz CT molecular complexity index is 591. The first kappa shape index (κ1) is 17.4. The minimum Gasteiger partial charge on any atom is -0.405 e. The fraction of sp³-hybridized carbons (Fsp3) is 0.400. The summed E-state index contributed by atoms with van der Waals surface area (Å²) >= 11 is 0. The van der Waals surface area contributed by atoms with Crippen molar-refractivity contribution in [3.05, 3.63) is 60.7 Å². The molecular weight excluding hydrogens is 316 g/mol. The molecule has 1 fully saturated rings. The Morgan fingerprint density at radius 2 is 1.50 bits per heavy atom. The van der Waals surface area contributed by atoms with Gasteiger partial charge in [-0.15, -0.1) is 0 Å². The molecule has 0 bridgehead atoms. The number of rotatable bonds is 5. The van der Waals surface area contributed by atoms with Crippen molar-refractivity contribution >= 4 is 18.7 Å². The van der Waals surface area contributed by atoms with Gasteiger partial charge in [0.25, 0.3) is 8.32 Å². The van der Waals surface area contributed by atoms with E-state index >= 15 is 0 Å². The summed E-state index contributed by atoms with van der Waals surface area (Å²) in [5.74, 6) is 0. The van der Waals surface area contributed by atoms with Crippen LogP contribution in [0.2, 0.25) is 5.04 Å². The van der Waals surface area contributed by atoms with E-state index in [1.807, 2.05) is 0 Å². The molecule has 0 spiro atoms. The molecule has 0 aliphatic carbocycles. The van der Waals surface area contributed by atoms with Crippen LogP contribution in [0.25, 0.3) is 0 Å². The van der Waals surface area contributed by atoms with Gasteiger partial charge in [-0.2, -0.15) is 0 Å². The SMILES string of the molecule is CC(C)(C)[Si](OCC1COCO1)(c1ccccc1)c1ccccc1. The van der Waals surface area contributed by atoms with Crippen molar-refractivity contribution in [3.63, 3.8) is 0 Å². The third kappa shape index (κ3) is 3.33. The van der Waals surface area contributed by atoms with Crippen LogP contribution >= 0.6 is 0 Å². The summed E-state index contributed by atoms with van der Waals surface area (Å²) in [7, 11) is -2.45. The monoisotopic (exact) mass is 342 g/mol. The third-order valence-corrected chi connectivity index (χ3v) is 9.60. The molecule has 1 aliphatic rings. The van der Waals surface area contributed by atoms with Crippen molar-refractivity contribution in [2.45, 2.75) is 31.9 Å². The van der Waals surface area contributed by atoms with Gasteiger partial charge in [0, 0.05) is 0 Å². The largest absolute Gasteiger partial charge is 0.405 e. The topological polar surface area (TPSA) is 27.7 Å². The van der Waals surface area contributed by atoms with Crippen LogP contribution in [0, 0.1) is 0 Å². The maximum atomic E-state index is 6.78. The molecule has 128 valence electrons. The van der Waals surface area contributed by atoms with E-state index < -0.39 is 8.32 Å². The molecule has 1 heterocycles. The summed E-state index contributed by atoms with van der Waals surface area (Å²) in [6.07, 6.45) is 0.0200. The molecule has 0 amide bonds. The summed E-state index contributed by atoms with van der Waals surface area (Å²) in [6, 6.07) is 21.3. The predicted octanol–water partition coefficient (Wildman–Crippen LogP) is 2.94. The smallest absolute Gasteiger partial charge is 0.261 e. The normalized spacial score (nSPS) is 18.7. The van der Waals surface area contributed by atoms with E-state index in [1.165, 1.54) is 10.4 Å². The molecule has 0 N–H and O–H groups in total. The van der Waals surface area contributed by atoms with Crippen molar-refractivity contribution in [3.8, 4) is 0 Å². The number of benzene rings is 2. The maximum absolute atomic E-state index is 6.78. The van der Waals surface area contributed by atoms with E-state index in [9.17, 15) is 0 Å². The molecule has 0 saturated carbocycles. The predicted molar refractivity (Wildman–Crippen MR) is 99.3 cm³/mol. The molecule has 24 heavy (non-hydrogen) atoms. The summed E-state index contributed by atoms with van der Waals surface area (Å²) in [5, 5.41) is 2.58. The Labute approximate surface area is 145 Å². The first-order valence-corrected chi connectivity index (χ1v) is 10.4. The summed E-state index contributed by atoms with van der Waals surface area (Å²) in [4.78, 5) is 0. The van der Waals surface area contributed by atoms with Gasteiger partial charge in [0.15, 0.2) is 0 Å². The summed E-state index contributed by atoms with van der Waals surface area (Å²) in [5.41, 5.74) is 0. The highest BCUT2D eigenvalue weighted by Gasteiger charge is 2.50. The van der Waals surface area contributed by atoms with Crippen LogP contribution in [-0.2, 0) is 13.9 Å². The zero-order valence-corrected chi connectivity index (χ0v) is 15.7. The van der Waals surface area contributed by atoms with Gasteiger partial charge in [-0.1, -0.05) is 81.4 Å². The molecular formula is C20H26O3Si. The van der Waals surface area contributed by atoms with Crippen LogP contribution in [0.5, 0.6) is 0 Å². The van der Waals surface area contributed by atoms with Gasteiger partial charge in [0.05, 0.1) is 13.2 Å². The first-order chi connectivity index (χ1) is 11.5. The molecule has 1 unspecified atom stereocenters. The Morgan fingerprint density at radius 1 is 0.958 bits per heavy atom. The Kier molecular flexibility index (Phi) is 5.20. The van der Waals surface area contributed by atoms with Crippen LogP contribution in [-0.4, -0.2) is 34.4 Å². The van der Waals surface area contributed by atoms with Crippen LogP contribution < -0.4 is 10.4 Å². The standard InChI is InChI=1S/C20H26O3Si/c1-20(2,3)24(18-10-6-4-7-11-18,19-12-8-5-9-13-19)23-15-17-14-21-16-22-17/h4-13,17H,14-16H2,1-3H3. The van der Waals surface area contributed by atoms with E-state index in [-0.39, 0.29) is 11.1 Å². The van der Waals surface area contributed by atoms with Crippen LogP contribution in [0.4, 0.5) is 0 Å². The maximum Gasteiger partial charge on any atom is 0.261 e. The zero-order valence-electron chi connectivity index (χ0n) is 14.7. The Balaban J connectivity index is 2.06. The van der Waals surface area contributed by atoms with Crippen molar-refractivity contribution in [1.29, 1.82) is 0 Å². The molecule has 2 aromatic carbocycles. The van der Waals surface area contributed by atoms with Gasteiger partial charge in [-0.25, -0.2) is 0 Å². The first-order valence-electron chi connectivity index (χ1n) is 8.48. The Morgan fingerprint density at radius 3 is 1.92 bits per heavy atom. The highest BCUT2D eigenvalue weighted by Crippen LogP contribution is 2.36. The average molecular weight is 343 g/mol. The average Bonchev–Trinajstić information content (AvgIpc) is 3.10. The number of ether oxygens (including phenoxy) is 2. The molecule has 0 aromatic heterocycles. The van der Waals surface area contributed by atoms with Gasteiger partial charge < -0.3 is 13.9 Å². The second-order valence-electron chi connectivity index (χ2n) is 7.25. The van der Waals surface area contributed by atoms with Crippen LogP contribution in [0.1, 0.15) is 20.8 Å². The van der Waals surface area contributed by atoms with E-state index in [0.29, 0.717) is 20.0 Å². The van der Waals surface area contributed by atoms with E-state index in [1.54, 1.807) is 0 Å². The molecule has 4 heteroatoms. The van der Waals surface area contributed by atoms with Gasteiger partial charge in [-0.05, 0) is 15.4 Å². The highest BCUT2D eigenvalue weighted by atomic mass is 28.4. The lowest BCUT2D eigenvalue weighted by Crippen LogP contribution is -2.67. The van der Waals surface area contributed by atoms with Crippen LogP contribution in [0.3, 0.4) is 0 Å². The number of hydrogen-bond acceptors (Lipinski definition) is 3. The van der Waals surface area contributed by atoms with Gasteiger partial charge >= 0.3 is 0 Å². The van der Waals surface area contributed by atoms with Crippen molar-refractivity contribution in [1.82, 2.24) is 0 Å². The fourth-order valence-electron chi connectivity index (χ4n) is 3.45. The van der Waals surface area contributed by atoms with Crippen molar-refractivity contribution in [2.75, 3.05) is 20.0 Å². The summed E-state index contributed by atoms with van der Waals surface area (Å²) < 4.78 is 17.7. The van der Waals surface area contributed by atoms with E-state index in [2.05, 4.69) is 81.4 Å². The lowest BCUT2D eigenvalue weighted by atomic mass is 10.2.